The zero-order valence-electron chi connectivity index (χ0n) is 20.5. The third-order valence-corrected chi connectivity index (χ3v) is 6.28. The highest BCUT2D eigenvalue weighted by atomic mass is 35.5. The minimum absolute atomic E-state index is 0.0848. The molecule has 1 heterocycles. The average molecular weight is 543 g/mol. The summed E-state index contributed by atoms with van der Waals surface area (Å²) in [4.78, 5) is 28.6. The summed E-state index contributed by atoms with van der Waals surface area (Å²) in [5.74, 6) is -0.143. The lowest BCUT2D eigenvalue weighted by atomic mass is 10.1. The zero-order chi connectivity index (χ0) is 27.4. The van der Waals surface area contributed by atoms with Gasteiger partial charge in [-0.05, 0) is 43.7 Å². The number of rotatable bonds is 7. The molecule has 3 amide bonds. The van der Waals surface area contributed by atoms with Crippen LogP contribution in [0.1, 0.15) is 35.3 Å². The Morgan fingerprint density at radius 3 is 2.03 bits per heavy atom. The highest BCUT2D eigenvalue weighted by Gasteiger charge is 2.54. The maximum atomic E-state index is 12.9. The molecular weight excluding hydrogens is 513 g/mol. The molecule has 202 valence electrons. The number of piperazine rings is 1. The third kappa shape index (κ3) is 7.81. The van der Waals surface area contributed by atoms with Crippen molar-refractivity contribution in [1.82, 2.24) is 15.1 Å². The van der Waals surface area contributed by atoms with Crippen LogP contribution in [0, 0.1) is 0 Å². The standard InChI is InChI=1S/C25H30ClF3N4O4/c1-23(2,36)16-30-22(35)31-20-9-5-18(6-10-20)21(34)33-13-11-32(12-14-33)15-17-3-7-19(8-4-17)24(26,37)25(27,28)29/h3-10,36-37H,11-16H2,1-2H3,(H2,30,31,35). The fraction of sp³-hybridized carbons (Fsp3) is 0.440. The van der Waals surface area contributed by atoms with Crippen LogP contribution >= 0.6 is 11.6 Å². The van der Waals surface area contributed by atoms with Gasteiger partial charge in [-0.15, -0.1) is 0 Å². The molecule has 2 aromatic carbocycles. The third-order valence-electron chi connectivity index (χ3n) is 5.85. The summed E-state index contributed by atoms with van der Waals surface area (Å²) < 4.78 is 38.7. The summed E-state index contributed by atoms with van der Waals surface area (Å²) in [7, 11) is 0. The monoisotopic (exact) mass is 542 g/mol. The van der Waals surface area contributed by atoms with E-state index in [1.807, 2.05) is 0 Å². The Bertz CT molecular complexity index is 1080. The fourth-order valence-electron chi connectivity index (χ4n) is 3.71. The first-order valence-corrected chi connectivity index (χ1v) is 12.0. The number of anilines is 1. The Hall–Kier alpha value is -2.86. The lowest BCUT2D eigenvalue weighted by molar-refractivity contribution is -0.228. The second kappa shape index (κ2) is 11.3. The molecule has 8 nitrogen and oxygen atoms in total. The largest absolute Gasteiger partial charge is 0.436 e. The Balaban J connectivity index is 1.48. The van der Waals surface area contributed by atoms with Crippen LogP contribution in [0.3, 0.4) is 0 Å². The fourth-order valence-corrected chi connectivity index (χ4v) is 3.84. The van der Waals surface area contributed by atoms with Gasteiger partial charge in [-0.3, -0.25) is 9.69 Å². The number of alkyl halides is 4. The molecule has 1 fully saturated rings. The van der Waals surface area contributed by atoms with E-state index in [1.165, 1.54) is 12.1 Å². The van der Waals surface area contributed by atoms with Crippen LogP contribution in [0.15, 0.2) is 48.5 Å². The molecule has 1 aliphatic heterocycles. The molecule has 12 heteroatoms. The van der Waals surface area contributed by atoms with Gasteiger partial charge in [0.15, 0.2) is 0 Å². The summed E-state index contributed by atoms with van der Waals surface area (Å²) in [6, 6.07) is 11.3. The van der Waals surface area contributed by atoms with Crippen molar-refractivity contribution in [3.8, 4) is 0 Å². The molecule has 4 N–H and O–H groups in total. The van der Waals surface area contributed by atoms with Crippen molar-refractivity contribution in [2.24, 2.45) is 0 Å². The molecule has 0 radical (unpaired) electrons. The molecule has 0 aliphatic carbocycles. The predicted molar refractivity (Wildman–Crippen MR) is 133 cm³/mol. The van der Waals surface area contributed by atoms with Gasteiger partial charge < -0.3 is 25.7 Å². The summed E-state index contributed by atoms with van der Waals surface area (Å²) >= 11 is 5.29. The first-order valence-electron chi connectivity index (χ1n) is 11.6. The number of halogens is 4. The predicted octanol–water partition coefficient (Wildman–Crippen LogP) is 3.48. The first-order chi connectivity index (χ1) is 17.2. The number of carbonyl (C=O) groups is 2. The van der Waals surface area contributed by atoms with Gasteiger partial charge >= 0.3 is 12.2 Å². The van der Waals surface area contributed by atoms with Crippen LogP contribution in [-0.2, 0) is 11.6 Å². The quantitative estimate of drug-likeness (QED) is 0.401. The maximum absolute atomic E-state index is 12.9. The average Bonchev–Trinajstić information content (AvgIpc) is 2.82. The molecule has 0 aromatic heterocycles. The molecule has 3 rings (SSSR count). The summed E-state index contributed by atoms with van der Waals surface area (Å²) in [5.41, 5.74) is 0.258. The van der Waals surface area contributed by atoms with Gasteiger partial charge in [-0.25, -0.2) is 4.79 Å². The van der Waals surface area contributed by atoms with Gasteiger partial charge in [0.1, 0.15) is 0 Å². The second-order valence-corrected chi connectivity index (χ2v) is 10.1. The van der Waals surface area contributed by atoms with Crippen LogP contribution in [0.4, 0.5) is 23.7 Å². The number of nitrogens with zero attached hydrogens (tertiary/aromatic N) is 2. The van der Waals surface area contributed by atoms with Crippen LogP contribution in [0.2, 0.25) is 0 Å². The van der Waals surface area contributed by atoms with Crippen molar-refractivity contribution >= 4 is 29.2 Å². The van der Waals surface area contributed by atoms with E-state index in [1.54, 1.807) is 43.0 Å². The molecule has 1 saturated heterocycles. The van der Waals surface area contributed by atoms with Crippen LogP contribution in [0.25, 0.3) is 0 Å². The smallest absolute Gasteiger partial charge is 0.389 e. The van der Waals surface area contributed by atoms with Crippen molar-refractivity contribution in [3.63, 3.8) is 0 Å². The number of amides is 3. The van der Waals surface area contributed by atoms with E-state index in [0.29, 0.717) is 44.0 Å². The Kier molecular flexibility index (Phi) is 8.74. The molecule has 1 unspecified atom stereocenters. The number of nitrogens with one attached hydrogen (secondary N) is 2. The zero-order valence-corrected chi connectivity index (χ0v) is 21.2. The minimum atomic E-state index is -5.00. The Labute approximate surface area is 218 Å². The lowest BCUT2D eigenvalue weighted by Gasteiger charge is -2.35. The Morgan fingerprint density at radius 2 is 1.51 bits per heavy atom. The van der Waals surface area contributed by atoms with Gasteiger partial charge in [0.05, 0.1) is 5.60 Å². The highest BCUT2D eigenvalue weighted by Crippen LogP contribution is 2.42. The molecule has 2 aromatic rings. The number of aliphatic hydroxyl groups is 2. The highest BCUT2D eigenvalue weighted by molar-refractivity contribution is 6.23. The number of hydrogen-bond donors (Lipinski definition) is 4. The number of benzene rings is 2. The minimum Gasteiger partial charge on any atom is -0.389 e. The molecule has 1 aliphatic rings. The van der Waals surface area contributed by atoms with E-state index < -0.39 is 28.4 Å². The molecular formula is C25H30ClF3N4O4. The van der Waals surface area contributed by atoms with E-state index >= 15 is 0 Å². The Morgan fingerprint density at radius 1 is 0.946 bits per heavy atom. The molecule has 0 spiro atoms. The van der Waals surface area contributed by atoms with Crippen LogP contribution in [0.5, 0.6) is 0 Å². The van der Waals surface area contributed by atoms with Gasteiger partial charge in [0.25, 0.3) is 11.0 Å². The molecule has 0 saturated carbocycles. The summed E-state index contributed by atoms with van der Waals surface area (Å²) in [5, 5.41) is 21.0. The van der Waals surface area contributed by atoms with Gasteiger partial charge in [-0.1, -0.05) is 35.9 Å². The maximum Gasteiger partial charge on any atom is 0.436 e. The van der Waals surface area contributed by atoms with E-state index in [9.17, 15) is 33.0 Å². The van der Waals surface area contributed by atoms with Crippen molar-refractivity contribution in [2.75, 3.05) is 38.0 Å². The summed E-state index contributed by atoms with van der Waals surface area (Å²) in [6.07, 6.45) is -5.00. The van der Waals surface area contributed by atoms with Crippen molar-refractivity contribution in [3.05, 3.63) is 65.2 Å². The van der Waals surface area contributed by atoms with E-state index in [2.05, 4.69) is 15.5 Å². The van der Waals surface area contributed by atoms with Crippen LogP contribution < -0.4 is 10.6 Å². The molecule has 37 heavy (non-hydrogen) atoms. The topological polar surface area (TPSA) is 105 Å². The molecule has 1 atom stereocenters. The van der Waals surface area contributed by atoms with Crippen LogP contribution in [-0.4, -0.2) is 76.5 Å². The van der Waals surface area contributed by atoms with Crippen molar-refractivity contribution in [1.29, 1.82) is 0 Å². The van der Waals surface area contributed by atoms with Crippen molar-refractivity contribution < 1.29 is 33.0 Å². The van der Waals surface area contributed by atoms with Gasteiger partial charge in [-0.2, -0.15) is 13.2 Å². The number of carbonyl (C=O) groups excluding carboxylic acids is 2. The number of urea groups is 1. The first kappa shape index (κ1) is 28.7. The van der Waals surface area contributed by atoms with E-state index in [-0.39, 0.29) is 12.5 Å². The van der Waals surface area contributed by atoms with Crippen molar-refractivity contribution in [2.45, 2.75) is 37.2 Å². The number of hydrogen-bond acceptors (Lipinski definition) is 5. The summed E-state index contributed by atoms with van der Waals surface area (Å²) in [6.45, 7) is 5.83. The SMILES string of the molecule is CC(C)(O)CNC(=O)Nc1ccc(C(=O)N2CCN(Cc3ccc(C(O)(Cl)C(F)(F)F)cc3)CC2)cc1. The van der Waals surface area contributed by atoms with Gasteiger partial charge in [0, 0.05) is 56.1 Å². The normalized spacial score (nSPS) is 16.7. The van der Waals surface area contributed by atoms with Gasteiger partial charge in [0.2, 0.25) is 0 Å². The van der Waals surface area contributed by atoms with E-state index in [0.717, 1.165) is 17.7 Å². The lowest BCUT2D eigenvalue weighted by Crippen LogP contribution is -2.48. The van der Waals surface area contributed by atoms with E-state index in [4.69, 9.17) is 11.6 Å². The molecule has 0 bridgehead atoms. The second-order valence-electron chi connectivity index (χ2n) is 9.58.